The number of oxazole rings is 1. The zero-order chi connectivity index (χ0) is 10.8. The summed E-state index contributed by atoms with van der Waals surface area (Å²) >= 11 is 0. The second-order valence-corrected chi connectivity index (χ2v) is 4.01. The number of fused-ring (bicyclic) bond motifs is 1. The van der Waals surface area contributed by atoms with Crippen molar-refractivity contribution in [3.8, 4) is 0 Å². The molecule has 0 bridgehead atoms. The first-order chi connectivity index (χ1) is 7.20. The zero-order valence-corrected chi connectivity index (χ0v) is 8.82. The van der Waals surface area contributed by atoms with E-state index >= 15 is 0 Å². The van der Waals surface area contributed by atoms with E-state index in [0.29, 0.717) is 12.8 Å². The monoisotopic (exact) mass is 209 g/mol. The summed E-state index contributed by atoms with van der Waals surface area (Å²) in [5, 5.41) is 8.91. The van der Waals surface area contributed by atoms with Gasteiger partial charge in [-0.25, -0.2) is 4.98 Å². The van der Waals surface area contributed by atoms with Crippen molar-refractivity contribution in [2.45, 2.75) is 39.0 Å². The normalized spacial score (nSPS) is 19.9. The van der Waals surface area contributed by atoms with Gasteiger partial charge in [-0.2, -0.15) is 0 Å². The first-order valence-corrected chi connectivity index (χ1v) is 5.41. The largest absolute Gasteiger partial charge is 0.481 e. The molecule has 1 N–H and O–H groups in total. The summed E-state index contributed by atoms with van der Waals surface area (Å²) in [7, 11) is 0. The van der Waals surface area contributed by atoms with Crippen molar-refractivity contribution < 1.29 is 14.3 Å². The average Bonchev–Trinajstić information content (AvgIpc) is 2.59. The Morgan fingerprint density at radius 2 is 2.47 bits per heavy atom. The lowest BCUT2D eigenvalue weighted by atomic mass is 9.91. The maximum absolute atomic E-state index is 10.8. The van der Waals surface area contributed by atoms with Gasteiger partial charge in [0.25, 0.3) is 0 Å². The van der Waals surface area contributed by atoms with Crippen LogP contribution < -0.4 is 0 Å². The Kier molecular flexibility index (Phi) is 2.75. The van der Waals surface area contributed by atoms with Crippen molar-refractivity contribution in [1.29, 1.82) is 0 Å². The van der Waals surface area contributed by atoms with Crippen molar-refractivity contribution in [3.05, 3.63) is 17.3 Å². The Labute approximate surface area is 88.3 Å². The third-order valence-electron chi connectivity index (χ3n) is 2.80. The highest BCUT2D eigenvalue weighted by Gasteiger charge is 2.28. The van der Waals surface area contributed by atoms with Gasteiger partial charge in [-0.15, -0.1) is 0 Å². The molecule has 1 unspecified atom stereocenters. The number of carbonyl (C=O) groups is 1. The lowest BCUT2D eigenvalue weighted by Crippen LogP contribution is -2.21. The summed E-state index contributed by atoms with van der Waals surface area (Å²) in [6.07, 6.45) is 3.76. The van der Waals surface area contributed by atoms with Crippen LogP contribution in [0.5, 0.6) is 0 Å². The van der Waals surface area contributed by atoms with Crippen molar-refractivity contribution in [2.75, 3.05) is 0 Å². The number of carboxylic acids is 1. The minimum atomic E-state index is -0.728. The number of aromatic nitrogens is 1. The molecule has 4 heteroatoms. The summed E-state index contributed by atoms with van der Waals surface area (Å²) in [6, 6.07) is 0. The first kappa shape index (κ1) is 10.2. The second-order valence-electron chi connectivity index (χ2n) is 4.01. The van der Waals surface area contributed by atoms with E-state index in [9.17, 15) is 4.79 Å². The fraction of sp³-hybridized carbons (Fsp3) is 0.636. The smallest absolute Gasteiger partial charge is 0.306 e. The highest BCUT2D eigenvalue weighted by molar-refractivity contribution is 5.70. The molecule has 1 aromatic heterocycles. The zero-order valence-electron chi connectivity index (χ0n) is 8.82. The Morgan fingerprint density at radius 3 is 3.13 bits per heavy atom. The Hall–Kier alpha value is -1.32. The van der Waals surface area contributed by atoms with Gasteiger partial charge in [-0.05, 0) is 19.3 Å². The van der Waals surface area contributed by atoms with E-state index in [-0.39, 0.29) is 5.92 Å². The lowest BCUT2D eigenvalue weighted by molar-refractivity contribution is -0.142. The molecule has 1 atom stereocenters. The molecule has 0 aromatic carbocycles. The molecule has 0 amide bonds. The van der Waals surface area contributed by atoms with E-state index in [1.165, 1.54) is 0 Å². The number of rotatable bonds is 3. The molecule has 1 aromatic rings. The predicted octanol–water partition coefficient (Wildman–Crippen LogP) is 1.82. The van der Waals surface area contributed by atoms with Crippen LogP contribution in [0.4, 0.5) is 0 Å². The van der Waals surface area contributed by atoms with Gasteiger partial charge in [0.05, 0.1) is 11.6 Å². The molecule has 0 radical (unpaired) electrons. The fourth-order valence-corrected chi connectivity index (χ4v) is 1.96. The van der Waals surface area contributed by atoms with Gasteiger partial charge in [0, 0.05) is 12.8 Å². The third kappa shape index (κ3) is 2.03. The van der Waals surface area contributed by atoms with Crippen LogP contribution in [-0.2, 0) is 24.1 Å². The molecule has 1 aliphatic carbocycles. The number of carboxylic acid groups (broad SMARTS) is 1. The Balaban J connectivity index is 2.15. The molecule has 1 aliphatic rings. The highest BCUT2D eigenvalue weighted by Crippen LogP contribution is 2.26. The van der Waals surface area contributed by atoms with E-state index in [1.807, 2.05) is 0 Å². The lowest BCUT2D eigenvalue weighted by Gasteiger charge is -2.15. The summed E-state index contributed by atoms with van der Waals surface area (Å²) in [4.78, 5) is 15.2. The minimum absolute atomic E-state index is 0.292. The van der Waals surface area contributed by atoms with E-state index in [1.54, 1.807) is 0 Å². The van der Waals surface area contributed by atoms with Crippen LogP contribution in [0.25, 0.3) is 0 Å². The molecule has 0 fully saturated rings. The Morgan fingerprint density at radius 1 is 1.67 bits per heavy atom. The van der Waals surface area contributed by atoms with Crippen LogP contribution in [0.3, 0.4) is 0 Å². The van der Waals surface area contributed by atoms with Gasteiger partial charge in [-0.3, -0.25) is 4.79 Å². The summed E-state index contributed by atoms with van der Waals surface area (Å²) < 4.78 is 5.55. The summed E-state index contributed by atoms with van der Waals surface area (Å²) in [5.74, 6) is 0.527. The van der Waals surface area contributed by atoms with Gasteiger partial charge in [-0.1, -0.05) is 6.92 Å². The molecule has 0 aliphatic heterocycles. The topological polar surface area (TPSA) is 63.3 Å². The maximum Gasteiger partial charge on any atom is 0.306 e. The minimum Gasteiger partial charge on any atom is -0.481 e. The predicted molar refractivity (Wildman–Crippen MR) is 53.6 cm³/mol. The van der Waals surface area contributed by atoms with E-state index < -0.39 is 5.97 Å². The van der Waals surface area contributed by atoms with E-state index in [4.69, 9.17) is 9.52 Å². The van der Waals surface area contributed by atoms with Gasteiger partial charge >= 0.3 is 5.97 Å². The van der Waals surface area contributed by atoms with Crippen molar-refractivity contribution in [2.24, 2.45) is 5.92 Å². The van der Waals surface area contributed by atoms with Crippen LogP contribution in [0, 0.1) is 5.92 Å². The van der Waals surface area contributed by atoms with Crippen LogP contribution in [0.15, 0.2) is 4.42 Å². The number of aliphatic carboxylic acids is 1. The third-order valence-corrected chi connectivity index (χ3v) is 2.80. The van der Waals surface area contributed by atoms with E-state index in [2.05, 4.69) is 11.9 Å². The van der Waals surface area contributed by atoms with Crippen LogP contribution in [0.2, 0.25) is 0 Å². The molecule has 0 saturated carbocycles. The van der Waals surface area contributed by atoms with Gasteiger partial charge < -0.3 is 9.52 Å². The number of hydrogen-bond acceptors (Lipinski definition) is 3. The number of aryl methyl sites for hydroxylation is 2. The van der Waals surface area contributed by atoms with E-state index in [0.717, 1.165) is 36.6 Å². The standard InChI is InChI=1S/C11H15NO3/c1-2-3-10-12-8-5-4-7(11(13)14)6-9(8)15-10/h7H,2-6H2,1H3,(H,13,14). The van der Waals surface area contributed by atoms with Crippen LogP contribution in [-0.4, -0.2) is 16.1 Å². The van der Waals surface area contributed by atoms with Gasteiger partial charge in [0.15, 0.2) is 5.89 Å². The Bertz CT molecular complexity index is 370. The molecule has 0 spiro atoms. The van der Waals surface area contributed by atoms with Crippen LogP contribution >= 0.6 is 0 Å². The summed E-state index contributed by atoms with van der Waals surface area (Å²) in [5.41, 5.74) is 0.968. The molecule has 0 saturated heterocycles. The van der Waals surface area contributed by atoms with Crippen LogP contribution in [0.1, 0.15) is 37.1 Å². The molecular weight excluding hydrogens is 194 g/mol. The molecule has 4 nitrogen and oxygen atoms in total. The molecule has 1 heterocycles. The average molecular weight is 209 g/mol. The first-order valence-electron chi connectivity index (χ1n) is 5.41. The molecule has 2 rings (SSSR count). The second kappa shape index (κ2) is 4.04. The van der Waals surface area contributed by atoms with Crippen molar-refractivity contribution in [1.82, 2.24) is 4.98 Å². The summed E-state index contributed by atoms with van der Waals surface area (Å²) in [6.45, 7) is 2.07. The quantitative estimate of drug-likeness (QED) is 0.824. The maximum atomic E-state index is 10.8. The van der Waals surface area contributed by atoms with Gasteiger partial charge in [0.1, 0.15) is 5.76 Å². The highest BCUT2D eigenvalue weighted by atomic mass is 16.4. The fourth-order valence-electron chi connectivity index (χ4n) is 1.96. The molecular formula is C11H15NO3. The SMILES string of the molecule is CCCc1nc2c(o1)CC(C(=O)O)CC2. The van der Waals surface area contributed by atoms with Gasteiger partial charge in [0.2, 0.25) is 0 Å². The molecule has 82 valence electrons. The molecule has 15 heavy (non-hydrogen) atoms. The number of hydrogen-bond donors (Lipinski definition) is 1. The van der Waals surface area contributed by atoms with Crippen molar-refractivity contribution in [3.63, 3.8) is 0 Å². The number of nitrogens with zero attached hydrogens (tertiary/aromatic N) is 1. The van der Waals surface area contributed by atoms with Crippen molar-refractivity contribution >= 4 is 5.97 Å².